The Bertz CT molecular complexity index is 344. The second-order valence-electron chi connectivity index (χ2n) is 5.10. The van der Waals surface area contributed by atoms with Crippen LogP contribution in [0.25, 0.3) is 0 Å². The van der Waals surface area contributed by atoms with Gasteiger partial charge in [0.05, 0.1) is 7.11 Å². The second kappa shape index (κ2) is 6.76. The number of hydrogen-bond donors (Lipinski definition) is 1. The van der Waals surface area contributed by atoms with Gasteiger partial charge in [0.25, 0.3) is 0 Å². The molecule has 1 aromatic rings. The van der Waals surface area contributed by atoms with Gasteiger partial charge in [0.1, 0.15) is 5.75 Å². The number of ether oxygens (including phenoxy) is 2. The first-order chi connectivity index (χ1) is 8.78. The molecule has 3 nitrogen and oxygen atoms in total. The Morgan fingerprint density at radius 1 is 1.28 bits per heavy atom. The van der Waals surface area contributed by atoms with Gasteiger partial charge in [-0.3, -0.25) is 0 Å². The van der Waals surface area contributed by atoms with E-state index in [0.717, 1.165) is 50.6 Å². The normalized spacial score (nSPS) is 18.6. The van der Waals surface area contributed by atoms with Crippen LogP contribution in [-0.2, 0) is 11.2 Å². The van der Waals surface area contributed by atoms with Crippen LogP contribution in [0.5, 0.6) is 5.75 Å². The summed E-state index contributed by atoms with van der Waals surface area (Å²) in [6, 6.07) is 8.44. The highest BCUT2D eigenvalue weighted by molar-refractivity contribution is 5.27. The molecule has 3 heteroatoms. The van der Waals surface area contributed by atoms with Crippen molar-refractivity contribution in [1.29, 1.82) is 0 Å². The first kappa shape index (κ1) is 13.4. The standard InChI is InChI=1S/C15H23NO2/c1-17-15-4-2-12(3-5-15)10-14(16)11-13-6-8-18-9-7-13/h2-5,13-14H,6-11,16H2,1H3. The van der Waals surface area contributed by atoms with Crippen LogP contribution in [0.1, 0.15) is 24.8 Å². The van der Waals surface area contributed by atoms with Gasteiger partial charge in [-0.1, -0.05) is 12.1 Å². The minimum atomic E-state index is 0.251. The molecular formula is C15H23NO2. The molecule has 0 saturated carbocycles. The molecule has 100 valence electrons. The lowest BCUT2D eigenvalue weighted by Gasteiger charge is -2.24. The summed E-state index contributed by atoms with van der Waals surface area (Å²) in [5.41, 5.74) is 7.52. The van der Waals surface area contributed by atoms with Crippen molar-refractivity contribution in [3.05, 3.63) is 29.8 Å². The zero-order chi connectivity index (χ0) is 12.8. The third-order valence-electron chi connectivity index (χ3n) is 3.63. The van der Waals surface area contributed by atoms with E-state index in [1.54, 1.807) is 7.11 Å². The molecule has 0 aliphatic carbocycles. The smallest absolute Gasteiger partial charge is 0.118 e. The number of hydrogen-bond acceptors (Lipinski definition) is 3. The van der Waals surface area contributed by atoms with Crippen molar-refractivity contribution in [2.24, 2.45) is 11.7 Å². The molecule has 1 saturated heterocycles. The van der Waals surface area contributed by atoms with E-state index < -0.39 is 0 Å². The summed E-state index contributed by atoms with van der Waals surface area (Å²) >= 11 is 0. The largest absolute Gasteiger partial charge is 0.497 e. The summed E-state index contributed by atoms with van der Waals surface area (Å²) in [5.74, 6) is 1.64. The summed E-state index contributed by atoms with van der Waals surface area (Å²) in [5, 5.41) is 0. The lowest BCUT2D eigenvalue weighted by atomic mass is 9.90. The summed E-state index contributed by atoms with van der Waals surface area (Å²) in [7, 11) is 1.69. The molecular weight excluding hydrogens is 226 g/mol. The number of benzene rings is 1. The average Bonchev–Trinajstić information content (AvgIpc) is 2.40. The maximum absolute atomic E-state index is 6.24. The minimum Gasteiger partial charge on any atom is -0.497 e. The van der Waals surface area contributed by atoms with E-state index in [1.807, 2.05) is 12.1 Å². The van der Waals surface area contributed by atoms with E-state index in [9.17, 15) is 0 Å². The van der Waals surface area contributed by atoms with Gasteiger partial charge in [-0.2, -0.15) is 0 Å². The molecule has 1 aromatic carbocycles. The van der Waals surface area contributed by atoms with Gasteiger partial charge in [-0.05, 0) is 49.3 Å². The van der Waals surface area contributed by atoms with Crippen LogP contribution in [0.15, 0.2) is 24.3 Å². The summed E-state index contributed by atoms with van der Waals surface area (Å²) in [6.45, 7) is 1.81. The molecule has 1 aliphatic heterocycles. The van der Waals surface area contributed by atoms with Gasteiger partial charge in [0.2, 0.25) is 0 Å². The zero-order valence-corrected chi connectivity index (χ0v) is 11.1. The van der Waals surface area contributed by atoms with Crippen LogP contribution in [0.4, 0.5) is 0 Å². The van der Waals surface area contributed by atoms with Crippen molar-refractivity contribution in [3.63, 3.8) is 0 Å². The lowest BCUT2D eigenvalue weighted by Crippen LogP contribution is -2.28. The molecule has 18 heavy (non-hydrogen) atoms. The predicted octanol–water partition coefficient (Wildman–Crippen LogP) is 2.38. The first-order valence-corrected chi connectivity index (χ1v) is 6.74. The highest BCUT2D eigenvalue weighted by atomic mass is 16.5. The third-order valence-corrected chi connectivity index (χ3v) is 3.63. The minimum absolute atomic E-state index is 0.251. The maximum Gasteiger partial charge on any atom is 0.118 e. The Labute approximate surface area is 109 Å². The van der Waals surface area contributed by atoms with Crippen LogP contribution in [0.2, 0.25) is 0 Å². The number of methoxy groups -OCH3 is 1. The van der Waals surface area contributed by atoms with E-state index >= 15 is 0 Å². The van der Waals surface area contributed by atoms with E-state index in [4.69, 9.17) is 15.2 Å². The Morgan fingerprint density at radius 2 is 1.94 bits per heavy atom. The topological polar surface area (TPSA) is 44.5 Å². The molecule has 1 heterocycles. The van der Waals surface area contributed by atoms with E-state index in [0.29, 0.717) is 0 Å². The van der Waals surface area contributed by atoms with Crippen LogP contribution >= 0.6 is 0 Å². The van der Waals surface area contributed by atoms with Crippen LogP contribution in [0, 0.1) is 5.92 Å². The fourth-order valence-electron chi connectivity index (χ4n) is 2.56. The van der Waals surface area contributed by atoms with Crippen LogP contribution in [0.3, 0.4) is 0 Å². The molecule has 2 rings (SSSR count). The first-order valence-electron chi connectivity index (χ1n) is 6.74. The van der Waals surface area contributed by atoms with Crippen molar-refractivity contribution in [2.75, 3.05) is 20.3 Å². The molecule has 1 atom stereocenters. The van der Waals surface area contributed by atoms with Crippen molar-refractivity contribution in [2.45, 2.75) is 31.7 Å². The fraction of sp³-hybridized carbons (Fsp3) is 0.600. The highest BCUT2D eigenvalue weighted by Crippen LogP contribution is 2.21. The Hall–Kier alpha value is -1.06. The monoisotopic (exact) mass is 249 g/mol. The summed E-state index contributed by atoms with van der Waals surface area (Å²) in [4.78, 5) is 0. The van der Waals surface area contributed by atoms with Gasteiger partial charge in [-0.15, -0.1) is 0 Å². The van der Waals surface area contributed by atoms with Gasteiger partial charge < -0.3 is 15.2 Å². The van der Waals surface area contributed by atoms with Gasteiger partial charge in [-0.25, -0.2) is 0 Å². The Balaban J connectivity index is 1.80. The number of nitrogens with two attached hydrogens (primary N) is 1. The molecule has 0 amide bonds. The zero-order valence-electron chi connectivity index (χ0n) is 11.1. The predicted molar refractivity (Wildman–Crippen MR) is 72.8 cm³/mol. The molecule has 0 radical (unpaired) electrons. The molecule has 0 spiro atoms. The number of rotatable bonds is 5. The highest BCUT2D eigenvalue weighted by Gasteiger charge is 2.17. The van der Waals surface area contributed by atoms with Crippen molar-refractivity contribution in [3.8, 4) is 5.75 Å². The van der Waals surface area contributed by atoms with E-state index in [1.165, 1.54) is 5.56 Å². The lowest BCUT2D eigenvalue weighted by molar-refractivity contribution is 0.0619. The van der Waals surface area contributed by atoms with Crippen LogP contribution in [-0.4, -0.2) is 26.4 Å². The molecule has 0 bridgehead atoms. The van der Waals surface area contributed by atoms with E-state index in [2.05, 4.69) is 12.1 Å². The molecule has 1 aliphatic rings. The Morgan fingerprint density at radius 3 is 2.56 bits per heavy atom. The molecule has 0 aromatic heterocycles. The maximum atomic E-state index is 6.24. The SMILES string of the molecule is COc1ccc(CC(N)CC2CCOCC2)cc1. The van der Waals surface area contributed by atoms with Gasteiger partial charge in [0.15, 0.2) is 0 Å². The van der Waals surface area contributed by atoms with Gasteiger partial charge >= 0.3 is 0 Å². The van der Waals surface area contributed by atoms with Crippen molar-refractivity contribution in [1.82, 2.24) is 0 Å². The average molecular weight is 249 g/mol. The van der Waals surface area contributed by atoms with Gasteiger partial charge in [0, 0.05) is 19.3 Å². The summed E-state index contributed by atoms with van der Waals surface area (Å²) < 4.78 is 10.5. The van der Waals surface area contributed by atoms with Crippen molar-refractivity contribution < 1.29 is 9.47 Å². The molecule has 1 fully saturated rings. The fourth-order valence-corrected chi connectivity index (χ4v) is 2.56. The third kappa shape index (κ3) is 4.00. The second-order valence-corrected chi connectivity index (χ2v) is 5.10. The van der Waals surface area contributed by atoms with E-state index in [-0.39, 0.29) is 6.04 Å². The van der Waals surface area contributed by atoms with Crippen LogP contribution < -0.4 is 10.5 Å². The molecule has 1 unspecified atom stereocenters. The van der Waals surface area contributed by atoms with Crippen molar-refractivity contribution >= 4 is 0 Å². The quantitative estimate of drug-likeness (QED) is 0.871. The Kier molecular flexibility index (Phi) is 5.02. The molecule has 2 N–H and O–H groups in total. The summed E-state index contributed by atoms with van der Waals surface area (Å²) in [6.07, 6.45) is 4.38.